The third-order valence-corrected chi connectivity index (χ3v) is 9.06. The number of aromatic nitrogens is 3. The van der Waals surface area contributed by atoms with Gasteiger partial charge in [-0.1, -0.05) is 54.6 Å². The first-order valence-corrected chi connectivity index (χ1v) is 13.7. The third kappa shape index (κ3) is 3.67. The number of benzene rings is 2. The maximum absolute atomic E-state index is 14.4. The van der Waals surface area contributed by atoms with Gasteiger partial charge in [0.25, 0.3) is 0 Å². The van der Waals surface area contributed by atoms with Crippen LogP contribution in [0.3, 0.4) is 0 Å². The number of likely N-dealkylation sites (tertiary alicyclic amines) is 1. The molecule has 3 unspecified atom stereocenters. The summed E-state index contributed by atoms with van der Waals surface area (Å²) in [6.07, 6.45) is 0.406. The van der Waals surface area contributed by atoms with Gasteiger partial charge in [-0.3, -0.25) is 14.4 Å². The van der Waals surface area contributed by atoms with Gasteiger partial charge in [-0.05, 0) is 43.9 Å². The Labute approximate surface area is 231 Å². The molecule has 6 rings (SSSR count). The highest BCUT2D eigenvalue weighted by Crippen LogP contribution is 2.66. The standard InChI is InChI=1S/C29H33N5O6/c1-4-39-27(38)23-22-26(37)34(21(15-35)18-10-6-5-7-11-18)24(29(22)14-17(2)28(23,3)40-29)25(36)30-16-33-20-13-9-8-12-19(20)31-32-33/h5-13,17,21-24,35H,4,14-16H2,1-3H3,(H,30,36)/t17?,21-,22+,23+,24?,28-,29?/m1/s1. The SMILES string of the molecule is CCOC(=O)[C@@H]1[C@H]2C(=O)N([C@H](CO)c3ccccc3)C(C(=O)NCn3nnc4ccccc43)C23CC(C)[C@@]1(C)O3. The Morgan fingerprint density at radius 1 is 1.20 bits per heavy atom. The quantitative estimate of drug-likeness (QED) is 0.408. The Morgan fingerprint density at radius 3 is 2.65 bits per heavy atom. The van der Waals surface area contributed by atoms with Crippen LogP contribution in [0.25, 0.3) is 11.0 Å². The number of aliphatic hydroxyl groups excluding tert-OH is 1. The number of esters is 1. The molecule has 0 aliphatic carbocycles. The van der Waals surface area contributed by atoms with Gasteiger partial charge in [-0.15, -0.1) is 5.10 Å². The molecule has 3 aliphatic rings. The molecule has 3 aromatic rings. The van der Waals surface area contributed by atoms with Crippen LogP contribution in [-0.2, 0) is 30.5 Å². The molecule has 0 radical (unpaired) electrons. The van der Waals surface area contributed by atoms with E-state index in [1.807, 2.05) is 68.4 Å². The van der Waals surface area contributed by atoms with E-state index in [4.69, 9.17) is 9.47 Å². The fourth-order valence-corrected chi connectivity index (χ4v) is 7.22. The Hall–Kier alpha value is -3.83. The summed E-state index contributed by atoms with van der Waals surface area (Å²) < 4.78 is 13.7. The van der Waals surface area contributed by atoms with Gasteiger partial charge < -0.3 is 24.8 Å². The normalized spacial score (nSPS) is 31.4. The summed E-state index contributed by atoms with van der Waals surface area (Å²) in [5.74, 6) is -3.28. The van der Waals surface area contributed by atoms with Gasteiger partial charge >= 0.3 is 5.97 Å². The molecule has 1 aromatic heterocycles. The minimum atomic E-state index is -1.26. The predicted molar refractivity (Wildman–Crippen MR) is 142 cm³/mol. The van der Waals surface area contributed by atoms with Gasteiger partial charge in [0.15, 0.2) is 0 Å². The van der Waals surface area contributed by atoms with E-state index in [1.165, 1.54) is 4.90 Å². The van der Waals surface area contributed by atoms with Crippen LogP contribution in [0, 0.1) is 17.8 Å². The summed E-state index contributed by atoms with van der Waals surface area (Å²) in [4.78, 5) is 43.3. The number of aliphatic hydroxyl groups is 1. The zero-order valence-corrected chi connectivity index (χ0v) is 22.7. The lowest BCUT2D eigenvalue weighted by atomic mass is 9.62. The highest BCUT2D eigenvalue weighted by atomic mass is 16.6. The van der Waals surface area contributed by atoms with E-state index in [0.29, 0.717) is 17.5 Å². The molecule has 3 fully saturated rings. The van der Waals surface area contributed by atoms with Crippen molar-refractivity contribution in [3.63, 3.8) is 0 Å². The molecule has 0 saturated carbocycles. The molecule has 2 N–H and O–H groups in total. The van der Waals surface area contributed by atoms with Crippen molar-refractivity contribution in [3.8, 4) is 0 Å². The van der Waals surface area contributed by atoms with Crippen molar-refractivity contribution in [3.05, 3.63) is 60.2 Å². The molecule has 2 amide bonds. The van der Waals surface area contributed by atoms with Gasteiger partial charge in [-0.2, -0.15) is 0 Å². The van der Waals surface area contributed by atoms with E-state index in [2.05, 4.69) is 15.6 Å². The van der Waals surface area contributed by atoms with Crippen LogP contribution in [0.5, 0.6) is 0 Å². The molecule has 1 spiro atoms. The van der Waals surface area contributed by atoms with Crippen molar-refractivity contribution in [2.45, 2.75) is 57.1 Å². The van der Waals surface area contributed by atoms with Crippen LogP contribution in [0.1, 0.15) is 38.8 Å². The summed E-state index contributed by atoms with van der Waals surface area (Å²) >= 11 is 0. The lowest BCUT2D eigenvalue weighted by molar-refractivity contribution is -0.162. The maximum atomic E-state index is 14.4. The van der Waals surface area contributed by atoms with Gasteiger partial charge in [0.2, 0.25) is 11.8 Å². The van der Waals surface area contributed by atoms with E-state index in [-0.39, 0.29) is 19.2 Å². The topological polar surface area (TPSA) is 136 Å². The number of carbonyl (C=O) groups excluding carboxylic acids is 3. The highest BCUT2D eigenvalue weighted by molar-refractivity contribution is 5.98. The second kappa shape index (κ2) is 9.67. The van der Waals surface area contributed by atoms with Gasteiger partial charge in [0, 0.05) is 0 Å². The van der Waals surface area contributed by atoms with E-state index in [9.17, 15) is 19.5 Å². The van der Waals surface area contributed by atoms with Crippen LogP contribution < -0.4 is 5.32 Å². The van der Waals surface area contributed by atoms with Crippen molar-refractivity contribution < 1.29 is 29.0 Å². The van der Waals surface area contributed by atoms with E-state index < -0.39 is 59.5 Å². The number of para-hydroxylation sites is 1. The lowest BCUT2D eigenvalue weighted by Gasteiger charge is -2.37. The van der Waals surface area contributed by atoms with Crippen LogP contribution in [-0.4, -0.2) is 73.2 Å². The van der Waals surface area contributed by atoms with Crippen LogP contribution in [0.2, 0.25) is 0 Å². The molecule has 3 saturated heterocycles. The monoisotopic (exact) mass is 547 g/mol. The molecular formula is C29H33N5O6. The number of nitrogens with one attached hydrogen (secondary N) is 1. The molecule has 2 bridgehead atoms. The van der Waals surface area contributed by atoms with Gasteiger partial charge in [0.05, 0.1) is 36.3 Å². The van der Waals surface area contributed by atoms with Crippen molar-refractivity contribution in [2.75, 3.05) is 13.2 Å². The maximum Gasteiger partial charge on any atom is 0.312 e. The summed E-state index contributed by atoms with van der Waals surface area (Å²) in [6.45, 7) is 5.30. The number of ether oxygens (including phenoxy) is 2. The first kappa shape index (κ1) is 26.4. The molecule has 11 heteroatoms. The summed E-state index contributed by atoms with van der Waals surface area (Å²) in [5, 5.41) is 21.8. The number of fused-ring (bicyclic) bond motifs is 2. The van der Waals surface area contributed by atoms with Crippen LogP contribution in [0.4, 0.5) is 0 Å². The van der Waals surface area contributed by atoms with E-state index in [1.54, 1.807) is 11.6 Å². The van der Waals surface area contributed by atoms with E-state index in [0.717, 1.165) is 5.52 Å². The molecule has 2 aromatic carbocycles. The van der Waals surface area contributed by atoms with Crippen molar-refractivity contribution in [1.29, 1.82) is 0 Å². The Morgan fingerprint density at radius 2 is 1.93 bits per heavy atom. The first-order chi connectivity index (χ1) is 19.3. The third-order valence-electron chi connectivity index (χ3n) is 9.06. The minimum absolute atomic E-state index is 0.0158. The van der Waals surface area contributed by atoms with Crippen LogP contribution >= 0.6 is 0 Å². The lowest BCUT2D eigenvalue weighted by Crippen LogP contribution is -2.56. The number of hydrogen-bond donors (Lipinski definition) is 2. The average Bonchev–Trinajstić information content (AvgIpc) is 3.62. The van der Waals surface area contributed by atoms with Crippen LogP contribution in [0.15, 0.2) is 54.6 Å². The fourth-order valence-electron chi connectivity index (χ4n) is 7.22. The smallest absolute Gasteiger partial charge is 0.312 e. The number of rotatable bonds is 8. The highest BCUT2D eigenvalue weighted by Gasteiger charge is 2.80. The second-order valence-corrected chi connectivity index (χ2v) is 11.1. The fraction of sp³-hybridized carbons (Fsp3) is 0.483. The van der Waals surface area contributed by atoms with Crippen molar-refractivity contribution in [2.24, 2.45) is 17.8 Å². The summed E-state index contributed by atoms with van der Waals surface area (Å²) in [6, 6.07) is 14.6. The second-order valence-electron chi connectivity index (χ2n) is 11.1. The number of hydrogen-bond acceptors (Lipinski definition) is 8. The summed E-state index contributed by atoms with van der Waals surface area (Å²) in [5.41, 5.74) is -0.122. The van der Waals surface area contributed by atoms with Gasteiger partial charge in [0.1, 0.15) is 29.7 Å². The number of amides is 2. The average molecular weight is 548 g/mol. The zero-order valence-electron chi connectivity index (χ0n) is 22.7. The zero-order chi connectivity index (χ0) is 28.2. The first-order valence-electron chi connectivity index (χ1n) is 13.7. The largest absolute Gasteiger partial charge is 0.466 e. The molecule has 7 atom stereocenters. The molecule has 40 heavy (non-hydrogen) atoms. The minimum Gasteiger partial charge on any atom is -0.466 e. The molecule has 210 valence electrons. The summed E-state index contributed by atoms with van der Waals surface area (Å²) in [7, 11) is 0. The molecule has 3 aliphatic heterocycles. The van der Waals surface area contributed by atoms with Gasteiger partial charge in [-0.25, -0.2) is 4.68 Å². The van der Waals surface area contributed by atoms with Crippen molar-refractivity contribution >= 4 is 28.8 Å². The molecule has 11 nitrogen and oxygen atoms in total. The molecular weight excluding hydrogens is 514 g/mol. The van der Waals surface area contributed by atoms with E-state index >= 15 is 0 Å². The number of carbonyl (C=O) groups is 3. The molecule has 4 heterocycles. The Balaban J connectivity index is 1.42. The number of nitrogens with zero attached hydrogens (tertiary/aromatic N) is 4. The Bertz CT molecular complexity index is 1460. The van der Waals surface area contributed by atoms with Crippen molar-refractivity contribution in [1.82, 2.24) is 25.2 Å². The predicted octanol–water partition coefficient (Wildman–Crippen LogP) is 1.81. The Kier molecular flexibility index (Phi) is 6.38.